The van der Waals surface area contributed by atoms with E-state index in [1.165, 1.54) is 4.90 Å². The maximum atomic E-state index is 11.2. The van der Waals surface area contributed by atoms with Gasteiger partial charge in [-0.25, -0.2) is 9.59 Å². The van der Waals surface area contributed by atoms with Gasteiger partial charge in [-0.05, 0) is 36.5 Å². The molecule has 1 aromatic carbocycles. The summed E-state index contributed by atoms with van der Waals surface area (Å²) in [7, 11) is 0. The van der Waals surface area contributed by atoms with E-state index >= 15 is 0 Å². The standard InChI is InChI=1S/C16H18N2O4/c19-15-10-17-13-9-12(3-4-14(13)22-15)2-1-11-5-7-18(8-6-11)16(20)21/h1-4,9,11,17H,5-8,10H2,(H,20,21). The van der Waals surface area contributed by atoms with Crippen LogP contribution in [0, 0.1) is 5.92 Å². The van der Waals surface area contributed by atoms with E-state index in [9.17, 15) is 9.59 Å². The monoisotopic (exact) mass is 302 g/mol. The Kier molecular flexibility index (Phi) is 4.00. The molecule has 2 aliphatic heterocycles. The summed E-state index contributed by atoms with van der Waals surface area (Å²) in [6, 6.07) is 5.64. The molecule has 6 heteroatoms. The van der Waals surface area contributed by atoms with Crippen molar-refractivity contribution in [3.63, 3.8) is 0 Å². The lowest BCUT2D eigenvalue weighted by molar-refractivity contribution is -0.132. The number of carboxylic acid groups (broad SMARTS) is 1. The number of hydrogen-bond donors (Lipinski definition) is 2. The van der Waals surface area contributed by atoms with Gasteiger partial charge in [-0.2, -0.15) is 0 Å². The molecule has 0 aliphatic carbocycles. The molecule has 0 atom stereocenters. The van der Waals surface area contributed by atoms with E-state index in [-0.39, 0.29) is 12.5 Å². The molecule has 0 spiro atoms. The number of benzene rings is 1. The van der Waals surface area contributed by atoms with E-state index in [0.29, 0.717) is 24.8 Å². The SMILES string of the molecule is O=C1CNc2cc(C=CC3CCN(C(=O)O)CC3)ccc2O1. The number of anilines is 1. The van der Waals surface area contributed by atoms with Gasteiger partial charge in [0, 0.05) is 13.1 Å². The van der Waals surface area contributed by atoms with Gasteiger partial charge in [0.05, 0.1) is 5.69 Å². The minimum absolute atomic E-state index is 0.188. The van der Waals surface area contributed by atoms with Crippen LogP contribution < -0.4 is 10.1 Å². The van der Waals surface area contributed by atoms with Gasteiger partial charge in [0.2, 0.25) is 0 Å². The van der Waals surface area contributed by atoms with Crippen LogP contribution in [-0.2, 0) is 4.79 Å². The van der Waals surface area contributed by atoms with Crippen LogP contribution in [0.15, 0.2) is 24.3 Å². The van der Waals surface area contributed by atoms with Crippen LogP contribution in [0.3, 0.4) is 0 Å². The maximum absolute atomic E-state index is 11.2. The predicted molar refractivity (Wildman–Crippen MR) is 81.9 cm³/mol. The number of amides is 1. The summed E-state index contributed by atoms with van der Waals surface area (Å²) in [5, 5.41) is 12.0. The van der Waals surface area contributed by atoms with Crippen molar-refractivity contribution >= 4 is 23.8 Å². The number of ether oxygens (including phenoxy) is 1. The fraction of sp³-hybridized carbons (Fsp3) is 0.375. The number of carbonyl (C=O) groups excluding carboxylic acids is 1. The van der Waals surface area contributed by atoms with E-state index in [0.717, 1.165) is 24.1 Å². The van der Waals surface area contributed by atoms with Crippen LogP contribution in [0.1, 0.15) is 18.4 Å². The summed E-state index contributed by atoms with van der Waals surface area (Å²) in [5.74, 6) is 0.682. The average Bonchev–Trinajstić information content (AvgIpc) is 2.53. The third kappa shape index (κ3) is 3.21. The molecular formula is C16H18N2O4. The molecule has 0 bridgehead atoms. The number of nitrogens with zero attached hydrogens (tertiary/aromatic N) is 1. The van der Waals surface area contributed by atoms with Crippen molar-refractivity contribution in [3.05, 3.63) is 29.8 Å². The van der Waals surface area contributed by atoms with E-state index < -0.39 is 6.09 Å². The van der Waals surface area contributed by atoms with E-state index in [2.05, 4.69) is 11.4 Å². The second kappa shape index (κ2) is 6.09. The molecule has 0 radical (unpaired) electrons. The summed E-state index contributed by atoms with van der Waals surface area (Å²) in [6.45, 7) is 1.37. The number of carbonyl (C=O) groups is 2. The minimum Gasteiger partial charge on any atom is -0.465 e. The van der Waals surface area contributed by atoms with Crippen LogP contribution in [-0.4, -0.2) is 41.7 Å². The van der Waals surface area contributed by atoms with Crippen molar-refractivity contribution in [1.82, 2.24) is 4.90 Å². The number of allylic oxidation sites excluding steroid dienone is 1. The largest absolute Gasteiger partial charge is 0.465 e. The van der Waals surface area contributed by atoms with Crippen molar-refractivity contribution in [2.45, 2.75) is 12.8 Å². The average molecular weight is 302 g/mol. The van der Waals surface area contributed by atoms with Crippen LogP contribution in [0.2, 0.25) is 0 Å². The summed E-state index contributed by atoms with van der Waals surface area (Å²) in [6.07, 6.45) is 5.04. The Morgan fingerprint density at radius 3 is 2.86 bits per heavy atom. The Balaban J connectivity index is 1.62. The smallest absolute Gasteiger partial charge is 0.407 e. The molecule has 0 aromatic heterocycles. The Bertz CT molecular complexity index is 619. The molecule has 0 saturated carbocycles. The highest BCUT2D eigenvalue weighted by Gasteiger charge is 2.20. The van der Waals surface area contributed by atoms with Crippen molar-refractivity contribution < 1.29 is 19.4 Å². The van der Waals surface area contributed by atoms with Gasteiger partial charge < -0.3 is 20.1 Å². The van der Waals surface area contributed by atoms with Crippen LogP contribution >= 0.6 is 0 Å². The second-order valence-corrected chi connectivity index (χ2v) is 5.55. The number of likely N-dealkylation sites (tertiary alicyclic amines) is 1. The lowest BCUT2D eigenvalue weighted by atomic mass is 9.96. The first-order chi connectivity index (χ1) is 10.6. The fourth-order valence-electron chi connectivity index (χ4n) is 2.73. The predicted octanol–water partition coefficient (Wildman–Crippen LogP) is 2.42. The summed E-state index contributed by atoms with van der Waals surface area (Å²) in [4.78, 5) is 23.5. The minimum atomic E-state index is -0.835. The van der Waals surface area contributed by atoms with Gasteiger partial charge in [0.1, 0.15) is 6.54 Å². The maximum Gasteiger partial charge on any atom is 0.407 e. The number of piperidine rings is 1. The summed E-state index contributed by atoms with van der Waals surface area (Å²) < 4.78 is 5.13. The first-order valence-corrected chi connectivity index (χ1v) is 7.36. The Morgan fingerprint density at radius 1 is 1.36 bits per heavy atom. The first-order valence-electron chi connectivity index (χ1n) is 7.36. The first kappa shape index (κ1) is 14.4. The molecule has 3 rings (SSSR count). The fourth-order valence-corrected chi connectivity index (χ4v) is 2.73. The van der Waals surface area contributed by atoms with Crippen LogP contribution in [0.5, 0.6) is 5.75 Å². The molecule has 116 valence electrons. The van der Waals surface area contributed by atoms with Crippen molar-refractivity contribution in [3.8, 4) is 5.75 Å². The highest BCUT2D eigenvalue weighted by Crippen LogP contribution is 2.29. The summed E-state index contributed by atoms with van der Waals surface area (Å²) >= 11 is 0. The van der Waals surface area contributed by atoms with E-state index in [1.54, 1.807) is 6.07 Å². The molecule has 1 amide bonds. The molecular weight excluding hydrogens is 284 g/mol. The molecule has 2 N–H and O–H groups in total. The topological polar surface area (TPSA) is 78.9 Å². The number of hydrogen-bond acceptors (Lipinski definition) is 4. The molecule has 1 aromatic rings. The zero-order valence-corrected chi connectivity index (χ0v) is 12.1. The van der Waals surface area contributed by atoms with Crippen LogP contribution in [0.4, 0.5) is 10.5 Å². The zero-order valence-electron chi connectivity index (χ0n) is 12.1. The molecule has 2 aliphatic rings. The van der Waals surface area contributed by atoms with Gasteiger partial charge in [-0.3, -0.25) is 0 Å². The Morgan fingerprint density at radius 2 is 2.14 bits per heavy atom. The normalized spacial score (nSPS) is 18.7. The van der Waals surface area contributed by atoms with Gasteiger partial charge in [-0.15, -0.1) is 0 Å². The molecule has 0 unspecified atom stereocenters. The third-order valence-corrected chi connectivity index (χ3v) is 4.02. The summed E-state index contributed by atoms with van der Waals surface area (Å²) in [5.41, 5.74) is 1.85. The van der Waals surface area contributed by atoms with Crippen molar-refractivity contribution in [2.75, 3.05) is 25.0 Å². The lowest BCUT2D eigenvalue weighted by Gasteiger charge is -2.28. The van der Waals surface area contributed by atoms with Crippen molar-refractivity contribution in [2.24, 2.45) is 5.92 Å². The van der Waals surface area contributed by atoms with E-state index in [1.807, 2.05) is 18.2 Å². The number of nitrogens with one attached hydrogen (secondary N) is 1. The molecule has 1 fully saturated rings. The van der Waals surface area contributed by atoms with Gasteiger partial charge in [0.25, 0.3) is 0 Å². The second-order valence-electron chi connectivity index (χ2n) is 5.55. The third-order valence-electron chi connectivity index (χ3n) is 4.02. The van der Waals surface area contributed by atoms with Crippen molar-refractivity contribution in [1.29, 1.82) is 0 Å². The van der Waals surface area contributed by atoms with Gasteiger partial charge >= 0.3 is 12.1 Å². The highest BCUT2D eigenvalue weighted by molar-refractivity contribution is 5.84. The van der Waals surface area contributed by atoms with Gasteiger partial charge in [0.15, 0.2) is 5.75 Å². The van der Waals surface area contributed by atoms with Crippen LogP contribution in [0.25, 0.3) is 6.08 Å². The molecule has 2 heterocycles. The number of fused-ring (bicyclic) bond motifs is 1. The number of esters is 1. The lowest BCUT2D eigenvalue weighted by Crippen LogP contribution is -2.36. The Hall–Kier alpha value is -2.50. The molecule has 1 saturated heterocycles. The Labute approximate surface area is 128 Å². The van der Waals surface area contributed by atoms with E-state index in [4.69, 9.17) is 9.84 Å². The highest BCUT2D eigenvalue weighted by atomic mass is 16.5. The molecule has 22 heavy (non-hydrogen) atoms. The quantitative estimate of drug-likeness (QED) is 0.648. The number of rotatable bonds is 2. The van der Waals surface area contributed by atoms with Gasteiger partial charge in [-0.1, -0.05) is 18.2 Å². The zero-order chi connectivity index (χ0) is 15.5. The molecule has 6 nitrogen and oxygen atoms in total.